The van der Waals surface area contributed by atoms with Crippen molar-refractivity contribution in [3.63, 3.8) is 0 Å². The van der Waals surface area contributed by atoms with Crippen LogP contribution in [-0.4, -0.2) is 25.3 Å². The van der Waals surface area contributed by atoms with Gasteiger partial charge in [0.15, 0.2) is 10.8 Å². The second kappa shape index (κ2) is 9.49. The fourth-order valence-electron chi connectivity index (χ4n) is 2.17. The maximum absolute atomic E-state index is 11.9. The summed E-state index contributed by atoms with van der Waals surface area (Å²) in [4.78, 5) is 11.9. The van der Waals surface area contributed by atoms with Gasteiger partial charge in [-0.05, 0) is 59.6 Å². The SMILES string of the molecule is CCOC(=O)C(Cc1ccc(OCc2ccc(Br)o2)cc1)OCC. The first kappa shape index (κ1) is 18.5. The molecule has 0 spiro atoms. The van der Waals surface area contributed by atoms with Crippen LogP contribution in [0, 0.1) is 0 Å². The number of hydrogen-bond acceptors (Lipinski definition) is 5. The van der Waals surface area contributed by atoms with Crippen molar-refractivity contribution in [2.45, 2.75) is 33.0 Å². The molecule has 0 aliphatic rings. The summed E-state index contributed by atoms with van der Waals surface area (Å²) < 4.78 is 22.2. The third-order valence-electron chi connectivity index (χ3n) is 3.27. The molecule has 2 aromatic rings. The predicted octanol–water partition coefficient (Wildman–Crippen LogP) is 4.13. The van der Waals surface area contributed by atoms with E-state index in [1.54, 1.807) is 6.92 Å². The van der Waals surface area contributed by atoms with E-state index in [2.05, 4.69) is 15.9 Å². The third kappa shape index (κ3) is 5.69. The van der Waals surface area contributed by atoms with Gasteiger partial charge in [-0.15, -0.1) is 0 Å². The van der Waals surface area contributed by atoms with E-state index in [0.717, 1.165) is 17.1 Å². The van der Waals surface area contributed by atoms with Crippen LogP contribution in [-0.2, 0) is 27.3 Å². The maximum Gasteiger partial charge on any atom is 0.335 e. The van der Waals surface area contributed by atoms with E-state index in [4.69, 9.17) is 18.6 Å². The highest BCUT2D eigenvalue weighted by Crippen LogP contribution is 2.19. The minimum absolute atomic E-state index is 0.330. The Morgan fingerprint density at radius 3 is 2.46 bits per heavy atom. The van der Waals surface area contributed by atoms with Gasteiger partial charge in [0, 0.05) is 13.0 Å². The first-order valence-electron chi connectivity index (χ1n) is 7.86. The van der Waals surface area contributed by atoms with Crippen LogP contribution < -0.4 is 4.74 Å². The number of esters is 1. The lowest BCUT2D eigenvalue weighted by atomic mass is 10.1. The summed E-state index contributed by atoms with van der Waals surface area (Å²) in [5.74, 6) is 1.14. The summed E-state index contributed by atoms with van der Waals surface area (Å²) in [6, 6.07) is 11.2. The largest absolute Gasteiger partial charge is 0.486 e. The van der Waals surface area contributed by atoms with Crippen LogP contribution in [0.1, 0.15) is 25.2 Å². The minimum Gasteiger partial charge on any atom is -0.486 e. The number of carbonyl (C=O) groups is 1. The summed E-state index contributed by atoms with van der Waals surface area (Å²) in [5.41, 5.74) is 0.981. The van der Waals surface area contributed by atoms with Crippen LogP contribution >= 0.6 is 15.9 Å². The molecule has 1 unspecified atom stereocenters. The average Bonchev–Trinajstić information content (AvgIpc) is 2.99. The van der Waals surface area contributed by atoms with E-state index in [1.165, 1.54) is 0 Å². The first-order valence-corrected chi connectivity index (χ1v) is 8.65. The minimum atomic E-state index is -0.581. The Hall–Kier alpha value is -1.79. The number of halogens is 1. The molecule has 0 aliphatic heterocycles. The quantitative estimate of drug-likeness (QED) is 0.596. The van der Waals surface area contributed by atoms with Crippen molar-refractivity contribution in [2.75, 3.05) is 13.2 Å². The zero-order chi connectivity index (χ0) is 17.4. The van der Waals surface area contributed by atoms with Crippen LogP contribution in [0.25, 0.3) is 0 Å². The van der Waals surface area contributed by atoms with Crippen LogP contribution in [0.15, 0.2) is 45.5 Å². The fourth-order valence-corrected chi connectivity index (χ4v) is 2.51. The van der Waals surface area contributed by atoms with E-state index in [1.807, 2.05) is 43.3 Å². The highest BCUT2D eigenvalue weighted by Gasteiger charge is 2.20. The Morgan fingerprint density at radius 1 is 1.12 bits per heavy atom. The normalized spacial score (nSPS) is 12.0. The molecule has 0 saturated carbocycles. The molecule has 130 valence electrons. The predicted molar refractivity (Wildman–Crippen MR) is 92.9 cm³/mol. The number of carbonyl (C=O) groups excluding carboxylic acids is 1. The van der Waals surface area contributed by atoms with Crippen molar-refractivity contribution in [3.8, 4) is 5.75 Å². The molecule has 5 nitrogen and oxygen atoms in total. The van der Waals surface area contributed by atoms with Crippen molar-refractivity contribution in [1.82, 2.24) is 0 Å². The molecule has 0 aliphatic carbocycles. The number of benzene rings is 1. The van der Waals surface area contributed by atoms with E-state index >= 15 is 0 Å². The zero-order valence-corrected chi connectivity index (χ0v) is 15.4. The van der Waals surface area contributed by atoms with Gasteiger partial charge < -0.3 is 18.6 Å². The molecule has 0 N–H and O–H groups in total. The molecule has 1 aromatic carbocycles. The molecule has 0 amide bonds. The summed E-state index contributed by atoms with van der Waals surface area (Å²) in [6.07, 6.45) is -0.111. The molecule has 24 heavy (non-hydrogen) atoms. The Labute approximate surface area is 150 Å². The van der Waals surface area contributed by atoms with Gasteiger partial charge in [0.05, 0.1) is 6.61 Å². The second-order valence-corrected chi connectivity index (χ2v) is 5.82. The van der Waals surface area contributed by atoms with Gasteiger partial charge in [-0.25, -0.2) is 4.79 Å². The van der Waals surface area contributed by atoms with Crippen LogP contribution in [0.3, 0.4) is 0 Å². The molecule has 0 radical (unpaired) electrons. The van der Waals surface area contributed by atoms with Crippen molar-refractivity contribution < 1.29 is 23.4 Å². The lowest BCUT2D eigenvalue weighted by molar-refractivity contribution is -0.156. The van der Waals surface area contributed by atoms with Crippen molar-refractivity contribution >= 4 is 21.9 Å². The van der Waals surface area contributed by atoms with Crippen LogP contribution in [0.2, 0.25) is 0 Å². The Morgan fingerprint density at radius 2 is 1.88 bits per heavy atom. The summed E-state index contributed by atoms with van der Waals surface area (Å²) in [7, 11) is 0. The van der Waals surface area contributed by atoms with Crippen LogP contribution in [0.5, 0.6) is 5.75 Å². The zero-order valence-electron chi connectivity index (χ0n) is 13.8. The summed E-state index contributed by atoms with van der Waals surface area (Å²) in [6.45, 7) is 4.80. The van der Waals surface area contributed by atoms with Gasteiger partial charge in [-0.1, -0.05) is 12.1 Å². The standard InChI is InChI=1S/C18H21BrO5/c1-3-21-16(18(20)22-4-2)11-13-5-7-14(8-6-13)23-12-15-9-10-17(19)24-15/h5-10,16H,3-4,11-12H2,1-2H3. The molecular weight excluding hydrogens is 376 g/mol. The van der Waals surface area contributed by atoms with Gasteiger partial charge in [0.25, 0.3) is 0 Å². The number of furan rings is 1. The molecule has 0 saturated heterocycles. The Balaban J connectivity index is 1.91. The van der Waals surface area contributed by atoms with E-state index in [0.29, 0.717) is 30.9 Å². The van der Waals surface area contributed by atoms with Crippen molar-refractivity contribution in [2.24, 2.45) is 0 Å². The molecule has 1 heterocycles. The number of ether oxygens (including phenoxy) is 3. The Bertz CT molecular complexity index is 635. The monoisotopic (exact) mass is 396 g/mol. The van der Waals surface area contributed by atoms with Gasteiger partial charge in [0.1, 0.15) is 18.1 Å². The van der Waals surface area contributed by atoms with E-state index in [-0.39, 0.29) is 5.97 Å². The van der Waals surface area contributed by atoms with E-state index in [9.17, 15) is 4.79 Å². The van der Waals surface area contributed by atoms with Gasteiger partial charge in [0.2, 0.25) is 0 Å². The smallest absolute Gasteiger partial charge is 0.335 e. The lowest BCUT2D eigenvalue weighted by Crippen LogP contribution is -2.28. The van der Waals surface area contributed by atoms with Crippen molar-refractivity contribution in [3.05, 3.63) is 52.4 Å². The molecular formula is C18H21BrO5. The molecule has 0 bridgehead atoms. The van der Waals surface area contributed by atoms with Gasteiger partial charge >= 0.3 is 5.97 Å². The molecule has 2 rings (SSSR count). The second-order valence-electron chi connectivity index (χ2n) is 5.04. The molecule has 1 aromatic heterocycles. The summed E-state index contributed by atoms with van der Waals surface area (Å²) in [5, 5.41) is 0. The van der Waals surface area contributed by atoms with Gasteiger partial charge in [-0.2, -0.15) is 0 Å². The first-order chi connectivity index (χ1) is 11.6. The van der Waals surface area contributed by atoms with E-state index < -0.39 is 6.10 Å². The maximum atomic E-state index is 11.9. The van der Waals surface area contributed by atoms with Gasteiger partial charge in [-0.3, -0.25) is 0 Å². The molecule has 6 heteroatoms. The topological polar surface area (TPSA) is 57.9 Å². The highest BCUT2D eigenvalue weighted by molar-refractivity contribution is 9.10. The molecule has 0 fully saturated rings. The highest BCUT2D eigenvalue weighted by atomic mass is 79.9. The molecule has 1 atom stereocenters. The van der Waals surface area contributed by atoms with Crippen LogP contribution in [0.4, 0.5) is 0 Å². The summed E-state index contributed by atoms with van der Waals surface area (Å²) >= 11 is 3.25. The van der Waals surface area contributed by atoms with Crippen molar-refractivity contribution in [1.29, 1.82) is 0 Å². The lowest BCUT2D eigenvalue weighted by Gasteiger charge is -2.15. The third-order valence-corrected chi connectivity index (χ3v) is 3.70. The average molecular weight is 397 g/mol. The number of hydrogen-bond donors (Lipinski definition) is 0. The fraction of sp³-hybridized carbons (Fsp3) is 0.389. The number of rotatable bonds is 9. The Kier molecular flexibility index (Phi) is 7.34.